The molecule has 2 aromatic carbocycles. The van der Waals surface area contributed by atoms with Gasteiger partial charge in [-0.25, -0.2) is 4.79 Å². The Labute approximate surface area is 232 Å². The predicted octanol–water partition coefficient (Wildman–Crippen LogP) is 4.85. The van der Waals surface area contributed by atoms with Crippen LogP contribution in [0, 0.1) is 5.92 Å². The number of piperidine rings is 1. The lowest BCUT2D eigenvalue weighted by molar-refractivity contribution is -0.138. The number of benzene rings is 2. The number of carboxylic acid groups (broad SMARTS) is 1. The number of aliphatic hydroxyl groups is 1. The summed E-state index contributed by atoms with van der Waals surface area (Å²) in [6.45, 7) is 1.64. The molecule has 1 heterocycles. The van der Waals surface area contributed by atoms with E-state index < -0.39 is 29.4 Å². The first-order valence-corrected chi connectivity index (χ1v) is 13.5. The maximum absolute atomic E-state index is 13.7. The highest BCUT2D eigenvalue weighted by Crippen LogP contribution is 2.46. The molecule has 40 heavy (non-hydrogen) atoms. The van der Waals surface area contributed by atoms with Crippen molar-refractivity contribution in [2.24, 2.45) is 5.92 Å². The second-order valence-corrected chi connectivity index (χ2v) is 10.1. The van der Waals surface area contributed by atoms with E-state index in [1.807, 2.05) is 7.05 Å². The molecule has 3 rings (SSSR count). The van der Waals surface area contributed by atoms with Crippen molar-refractivity contribution in [3.63, 3.8) is 0 Å². The third-order valence-corrected chi connectivity index (χ3v) is 7.49. The van der Waals surface area contributed by atoms with Gasteiger partial charge >= 0.3 is 12.3 Å². The number of halogens is 3. The van der Waals surface area contributed by atoms with Crippen LogP contribution in [0.5, 0.6) is 5.75 Å². The molecule has 2 aromatic rings. The van der Waals surface area contributed by atoms with E-state index in [9.17, 15) is 27.9 Å². The van der Waals surface area contributed by atoms with Gasteiger partial charge in [0.25, 0.3) is 0 Å². The van der Waals surface area contributed by atoms with Crippen molar-refractivity contribution in [2.75, 3.05) is 40.3 Å². The van der Waals surface area contributed by atoms with Crippen molar-refractivity contribution in [2.45, 2.75) is 50.3 Å². The Morgan fingerprint density at radius 2 is 1.85 bits per heavy atom. The summed E-state index contributed by atoms with van der Waals surface area (Å²) in [5, 5.41) is 26.8. The summed E-state index contributed by atoms with van der Waals surface area (Å²) in [6.07, 6.45) is -3.04. The van der Waals surface area contributed by atoms with Gasteiger partial charge in [0.05, 0.1) is 18.3 Å². The first-order valence-electron chi connectivity index (χ1n) is 13.5. The smallest absolute Gasteiger partial charge is 0.416 e. The summed E-state index contributed by atoms with van der Waals surface area (Å²) >= 11 is 0. The molecule has 1 saturated heterocycles. The van der Waals surface area contributed by atoms with Crippen LogP contribution in [0.2, 0.25) is 0 Å². The molecule has 0 aliphatic carbocycles. The molecule has 0 spiro atoms. The molecular formula is C29H38F3N3O5. The number of amides is 2. The molecule has 0 radical (unpaired) electrons. The third-order valence-electron chi connectivity index (χ3n) is 7.49. The number of hydrogen-bond donors (Lipinski definition) is 4. The maximum atomic E-state index is 13.7. The fraction of sp³-hybridized carbons (Fsp3) is 0.517. The second kappa shape index (κ2) is 13.8. The van der Waals surface area contributed by atoms with Gasteiger partial charge in [-0.05, 0) is 75.0 Å². The van der Waals surface area contributed by atoms with Crippen molar-refractivity contribution < 1.29 is 37.7 Å². The minimum absolute atomic E-state index is 0.0114. The monoisotopic (exact) mass is 565 g/mol. The highest BCUT2D eigenvalue weighted by molar-refractivity contribution is 5.77. The molecule has 2 atom stereocenters. The van der Waals surface area contributed by atoms with E-state index in [1.165, 1.54) is 13.2 Å². The first kappa shape index (κ1) is 31.2. The topological polar surface area (TPSA) is 111 Å². The van der Waals surface area contributed by atoms with Crippen molar-refractivity contribution in [1.29, 1.82) is 0 Å². The van der Waals surface area contributed by atoms with Crippen molar-refractivity contribution in [3.05, 3.63) is 53.6 Å². The van der Waals surface area contributed by atoms with Gasteiger partial charge in [-0.1, -0.05) is 24.3 Å². The van der Waals surface area contributed by atoms with E-state index in [0.717, 1.165) is 12.1 Å². The summed E-state index contributed by atoms with van der Waals surface area (Å²) in [5.74, 6) is -0.208. The highest BCUT2D eigenvalue weighted by Gasteiger charge is 2.43. The number of hydrogen-bond acceptors (Lipinski definition) is 5. The summed E-state index contributed by atoms with van der Waals surface area (Å²) in [5.41, 5.74) is -1.41. The lowest BCUT2D eigenvalue weighted by atomic mass is 9.72. The normalized spacial score (nSPS) is 17.2. The summed E-state index contributed by atoms with van der Waals surface area (Å²) in [4.78, 5) is 25.7. The predicted molar refractivity (Wildman–Crippen MR) is 145 cm³/mol. The van der Waals surface area contributed by atoms with E-state index in [2.05, 4.69) is 10.6 Å². The van der Waals surface area contributed by atoms with Gasteiger partial charge in [-0.15, -0.1) is 0 Å². The molecular weight excluding hydrogens is 527 g/mol. The number of likely N-dealkylation sites (tertiary alicyclic amines) is 1. The fourth-order valence-corrected chi connectivity index (χ4v) is 5.47. The Hall–Kier alpha value is -3.31. The molecule has 1 fully saturated rings. The molecule has 0 bridgehead atoms. The van der Waals surface area contributed by atoms with Crippen LogP contribution in [0.15, 0.2) is 42.5 Å². The summed E-state index contributed by atoms with van der Waals surface area (Å²) in [6, 6.07) is 9.96. The Balaban J connectivity index is 2.05. The Kier molecular flexibility index (Phi) is 10.8. The van der Waals surface area contributed by atoms with Crippen molar-refractivity contribution in [3.8, 4) is 16.9 Å². The molecule has 1 aliphatic heterocycles. The van der Waals surface area contributed by atoms with E-state index in [-0.39, 0.29) is 43.2 Å². The van der Waals surface area contributed by atoms with Crippen LogP contribution in [-0.2, 0) is 16.6 Å². The van der Waals surface area contributed by atoms with Gasteiger partial charge in [0.15, 0.2) is 0 Å². The number of methoxy groups -OCH3 is 1. The summed E-state index contributed by atoms with van der Waals surface area (Å²) in [7, 11) is 3.19. The quantitative estimate of drug-likeness (QED) is 0.274. The van der Waals surface area contributed by atoms with Crippen LogP contribution in [-0.4, -0.2) is 67.4 Å². The number of alkyl halides is 3. The van der Waals surface area contributed by atoms with Crippen LogP contribution in [0.25, 0.3) is 11.1 Å². The Morgan fingerprint density at radius 1 is 1.10 bits per heavy atom. The molecule has 1 aliphatic rings. The lowest BCUT2D eigenvalue weighted by Crippen LogP contribution is -2.48. The molecule has 0 saturated carbocycles. The number of nitrogens with zero attached hydrogens (tertiary/aromatic N) is 1. The molecule has 11 heteroatoms. The van der Waals surface area contributed by atoms with Gasteiger partial charge in [0.2, 0.25) is 5.91 Å². The third kappa shape index (κ3) is 7.66. The number of carbonyl (C=O) groups is 2. The summed E-state index contributed by atoms with van der Waals surface area (Å²) < 4.78 is 46.4. The van der Waals surface area contributed by atoms with Gasteiger partial charge in [0, 0.05) is 37.5 Å². The van der Waals surface area contributed by atoms with E-state index in [4.69, 9.17) is 9.84 Å². The molecule has 2 unspecified atom stereocenters. The van der Waals surface area contributed by atoms with Crippen LogP contribution < -0.4 is 15.4 Å². The SMILES string of the molecule is CNCCCC(=O)N1CCCC(C(O)(CCCNC(=O)O)c2ccccc2-c2cc(C(F)(F)F)ccc2OC)C1. The van der Waals surface area contributed by atoms with Crippen molar-refractivity contribution in [1.82, 2.24) is 15.5 Å². The Morgan fingerprint density at radius 3 is 2.52 bits per heavy atom. The second-order valence-electron chi connectivity index (χ2n) is 10.1. The first-order chi connectivity index (χ1) is 19.0. The average molecular weight is 566 g/mol. The van der Waals surface area contributed by atoms with Crippen LogP contribution in [0.1, 0.15) is 49.7 Å². The van der Waals surface area contributed by atoms with E-state index in [0.29, 0.717) is 49.9 Å². The molecule has 2 amide bonds. The number of carbonyl (C=O) groups excluding carboxylic acids is 1. The molecule has 4 N–H and O–H groups in total. The largest absolute Gasteiger partial charge is 0.496 e. The Bertz CT molecular complexity index is 1160. The molecule has 8 nitrogen and oxygen atoms in total. The zero-order chi connectivity index (χ0) is 29.3. The van der Waals surface area contributed by atoms with Crippen LogP contribution in [0.3, 0.4) is 0 Å². The fourth-order valence-electron chi connectivity index (χ4n) is 5.47. The number of ether oxygens (including phenoxy) is 1. The zero-order valence-corrected chi connectivity index (χ0v) is 22.9. The van der Waals surface area contributed by atoms with Gasteiger partial charge < -0.3 is 30.5 Å². The van der Waals surface area contributed by atoms with E-state index >= 15 is 0 Å². The van der Waals surface area contributed by atoms with E-state index in [1.54, 1.807) is 29.2 Å². The highest BCUT2D eigenvalue weighted by atomic mass is 19.4. The lowest BCUT2D eigenvalue weighted by Gasteiger charge is -2.44. The minimum atomic E-state index is -4.58. The van der Waals surface area contributed by atoms with Gasteiger partial charge in [-0.3, -0.25) is 4.79 Å². The number of nitrogens with one attached hydrogen (secondary N) is 2. The van der Waals surface area contributed by atoms with Gasteiger partial charge in [0.1, 0.15) is 5.75 Å². The average Bonchev–Trinajstić information content (AvgIpc) is 2.94. The van der Waals surface area contributed by atoms with Gasteiger partial charge in [-0.2, -0.15) is 13.2 Å². The molecule has 220 valence electrons. The van der Waals surface area contributed by atoms with Crippen molar-refractivity contribution >= 4 is 12.0 Å². The standard InChI is InChI=1S/C29H38F3N3O5/c1-33-15-5-11-26(36)35-17-6-8-21(19-35)28(39,14-7-16-34-27(37)38)24-10-4-3-9-22(24)23-18-20(29(30,31)32)12-13-25(23)40-2/h3-4,9-10,12-13,18,21,33-34,39H,5-8,11,14-17,19H2,1-2H3,(H,37,38). The number of rotatable bonds is 12. The van der Waals surface area contributed by atoms with Crippen LogP contribution >= 0.6 is 0 Å². The minimum Gasteiger partial charge on any atom is -0.496 e. The molecule has 0 aromatic heterocycles. The maximum Gasteiger partial charge on any atom is 0.416 e. The van der Waals surface area contributed by atoms with Crippen LogP contribution in [0.4, 0.5) is 18.0 Å². The zero-order valence-electron chi connectivity index (χ0n) is 22.9.